The molecule has 1 saturated heterocycles. The van der Waals surface area contributed by atoms with Crippen molar-refractivity contribution in [2.75, 3.05) is 19.6 Å². The van der Waals surface area contributed by atoms with Gasteiger partial charge in [-0.05, 0) is 30.2 Å². The lowest BCUT2D eigenvalue weighted by atomic mass is 9.91. The zero-order valence-electron chi connectivity index (χ0n) is 13.7. The standard InChI is InChI=1S/C17H26N2O3/c1-17(2,3)10-15(20)18-11-13-4-7-19(8-5-13)16(21)14-6-9-22-12-14/h6,9,12-13H,4-5,7-8,10-11H2,1-3H3,(H,18,20). The van der Waals surface area contributed by atoms with E-state index in [2.05, 4.69) is 26.1 Å². The van der Waals surface area contributed by atoms with Gasteiger partial charge in [-0.25, -0.2) is 0 Å². The summed E-state index contributed by atoms with van der Waals surface area (Å²) in [4.78, 5) is 25.9. The predicted octanol–water partition coefficient (Wildman–Crippen LogP) is 2.68. The molecule has 22 heavy (non-hydrogen) atoms. The quantitative estimate of drug-likeness (QED) is 0.930. The van der Waals surface area contributed by atoms with Gasteiger partial charge < -0.3 is 14.6 Å². The number of likely N-dealkylation sites (tertiary alicyclic amines) is 1. The summed E-state index contributed by atoms with van der Waals surface area (Å²) in [6.45, 7) is 8.38. The minimum atomic E-state index is 0.0183. The van der Waals surface area contributed by atoms with Crippen molar-refractivity contribution in [3.63, 3.8) is 0 Å². The molecule has 1 aromatic rings. The molecule has 122 valence electrons. The van der Waals surface area contributed by atoms with Gasteiger partial charge >= 0.3 is 0 Å². The third kappa shape index (κ3) is 4.90. The molecule has 2 heterocycles. The third-order valence-electron chi connectivity index (χ3n) is 3.95. The zero-order valence-corrected chi connectivity index (χ0v) is 13.7. The van der Waals surface area contributed by atoms with E-state index in [1.54, 1.807) is 6.07 Å². The number of carbonyl (C=O) groups is 2. The van der Waals surface area contributed by atoms with Gasteiger partial charge in [-0.1, -0.05) is 20.8 Å². The number of nitrogens with one attached hydrogen (secondary N) is 1. The Labute approximate surface area is 132 Å². The van der Waals surface area contributed by atoms with E-state index in [0.29, 0.717) is 24.4 Å². The van der Waals surface area contributed by atoms with Crippen LogP contribution in [0, 0.1) is 11.3 Å². The van der Waals surface area contributed by atoms with Crippen molar-refractivity contribution in [2.45, 2.75) is 40.0 Å². The van der Waals surface area contributed by atoms with Gasteiger partial charge in [0.25, 0.3) is 5.91 Å². The van der Waals surface area contributed by atoms with Gasteiger partial charge in [0.2, 0.25) is 5.91 Å². The van der Waals surface area contributed by atoms with Gasteiger partial charge in [0.05, 0.1) is 11.8 Å². The molecule has 0 bridgehead atoms. The first-order chi connectivity index (χ1) is 10.3. The van der Waals surface area contributed by atoms with E-state index < -0.39 is 0 Å². The molecule has 1 N–H and O–H groups in total. The molecular formula is C17H26N2O3. The number of rotatable bonds is 4. The molecule has 5 nitrogen and oxygen atoms in total. The molecule has 0 unspecified atom stereocenters. The maximum atomic E-state index is 12.2. The first kappa shape index (κ1) is 16.6. The molecule has 5 heteroatoms. The second-order valence-corrected chi connectivity index (χ2v) is 7.29. The van der Waals surface area contributed by atoms with Gasteiger partial charge in [-0.3, -0.25) is 9.59 Å². The van der Waals surface area contributed by atoms with Crippen LogP contribution in [0.25, 0.3) is 0 Å². The number of amides is 2. The van der Waals surface area contributed by atoms with Crippen LogP contribution in [-0.2, 0) is 4.79 Å². The van der Waals surface area contributed by atoms with Crippen molar-refractivity contribution < 1.29 is 14.0 Å². The van der Waals surface area contributed by atoms with Crippen LogP contribution in [0.4, 0.5) is 0 Å². The molecule has 0 spiro atoms. The molecule has 1 aromatic heterocycles. The molecule has 2 rings (SSSR count). The summed E-state index contributed by atoms with van der Waals surface area (Å²) < 4.78 is 4.96. The Hall–Kier alpha value is -1.78. The lowest BCUT2D eigenvalue weighted by Gasteiger charge is -2.32. The molecule has 0 radical (unpaired) electrons. The summed E-state index contributed by atoms with van der Waals surface area (Å²) in [5.41, 5.74) is 0.627. The molecule has 0 saturated carbocycles. The van der Waals surface area contributed by atoms with Crippen molar-refractivity contribution >= 4 is 11.8 Å². The van der Waals surface area contributed by atoms with E-state index in [9.17, 15) is 9.59 Å². The van der Waals surface area contributed by atoms with E-state index in [1.807, 2.05) is 4.90 Å². The average Bonchev–Trinajstić information content (AvgIpc) is 2.97. The van der Waals surface area contributed by atoms with Crippen LogP contribution in [0.1, 0.15) is 50.4 Å². The zero-order chi connectivity index (χ0) is 16.2. The number of nitrogens with zero attached hydrogens (tertiary/aromatic N) is 1. The molecule has 1 aliphatic heterocycles. The first-order valence-electron chi connectivity index (χ1n) is 7.93. The minimum absolute atomic E-state index is 0.0183. The summed E-state index contributed by atoms with van der Waals surface area (Å²) in [7, 11) is 0. The van der Waals surface area contributed by atoms with E-state index in [0.717, 1.165) is 25.9 Å². The summed E-state index contributed by atoms with van der Waals surface area (Å²) >= 11 is 0. The maximum Gasteiger partial charge on any atom is 0.257 e. The lowest BCUT2D eigenvalue weighted by Crippen LogP contribution is -2.41. The summed E-state index contributed by atoms with van der Waals surface area (Å²) in [5, 5.41) is 3.02. The van der Waals surface area contributed by atoms with Gasteiger partial charge in [0.1, 0.15) is 6.26 Å². The fourth-order valence-electron chi connectivity index (χ4n) is 2.71. The van der Waals surface area contributed by atoms with Crippen molar-refractivity contribution in [2.24, 2.45) is 11.3 Å². The van der Waals surface area contributed by atoms with E-state index in [-0.39, 0.29) is 17.2 Å². The van der Waals surface area contributed by atoms with Crippen molar-refractivity contribution in [3.8, 4) is 0 Å². The number of carbonyl (C=O) groups excluding carboxylic acids is 2. The molecule has 1 aliphatic rings. The van der Waals surface area contributed by atoms with Gasteiger partial charge in [0, 0.05) is 26.1 Å². The van der Waals surface area contributed by atoms with Gasteiger partial charge in [-0.15, -0.1) is 0 Å². The molecule has 2 amide bonds. The number of piperidine rings is 1. The highest BCUT2D eigenvalue weighted by atomic mass is 16.3. The van der Waals surface area contributed by atoms with Gasteiger partial charge in [0.15, 0.2) is 0 Å². The van der Waals surface area contributed by atoms with Crippen LogP contribution < -0.4 is 5.32 Å². The van der Waals surface area contributed by atoms with Crippen LogP contribution in [0.15, 0.2) is 23.0 Å². The molecule has 0 aliphatic carbocycles. The third-order valence-corrected chi connectivity index (χ3v) is 3.95. The second kappa shape index (κ2) is 6.99. The largest absolute Gasteiger partial charge is 0.472 e. The summed E-state index contributed by atoms with van der Waals surface area (Å²) in [6.07, 6.45) is 5.41. The predicted molar refractivity (Wildman–Crippen MR) is 84.4 cm³/mol. The number of furan rings is 1. The Kier molecular flexibility index (Phi) is 5.27. The maximum absolute atomic E-state index is 12.2. The van der Waals surface area contributed by atoms with Crippen LogP contribution in [-0.4, -0.2) is 36.3 Å². The Bertz CT molecular complexity index is 494. The monoisotopic (exact) mass is 306 g/mol. The van der Waals surface area contributed by atoms with Crippen molar-refractivity contribution in [3.05, 3.63) is 24.2 Å². The summed E-state index contributed by atoms with van der Waals surface area (Å²) in [6, 6.07) is 1.70. The first-order valence-corrected chi connectivity index (χ1v) is 7.93. The molecule has 0 atom stereocenters. The second-order valence-electron chi connectivity index (χ2n) is 7.29. The normalized spacial score (nSPS) is 16.6. The molecule has 0 aromatic carbocycles. The fourth-order valence-corrected chi connectivity index (χ4v) is 2.71. The van der Waals surface area contributed by atoms with Crippen LogP contribution in [0.3, 0.4) is 0 Å². The highest BCUT2D eigenvalue weighted by molar-refractivity contribution is 5.93. The smallest absolute Gasteiger partial charge is 0.257 e. The number of hydrogen-bond acceptors (Lipinski definition) is 3. The molecule has 1 fully saturated rings. The van der Waals surface area contributed by atoms with Gasteiger partial charge in [-0.2, -0.15) is 0 Å². The van der Waals surface area contributed by atoms with Crippen LogP contribution >= 0.6 is 0 Å². The Balaban J connectivity index is 1.71. The molecular weight excluding hydrogens is 280 g/mol. The highest BCUT2D eigenvalue weighted by Gasteiger charge is 2.24. The van der Waals surface area contributed by atoms with Crippen LogP contribution in [0.2, 0.25) is 0 Å². The van der Waals surface area contributed by atoms with E-state index in [1.165, 1.54) is 12.5 Å². The Morgan fingerprint density at radius 3 is 2.55 bits per heavy atom. The lowest BCUT2D eigenvalue weighted by molar-refractivity contribution is -0.123. The fraction of sp³-hybridized carbons (Fsp3) is 0.647. The highest BCUT2D eigenvalue weighted by Crippen LogP contribution is 2.20. The SMILES string of the molecule is CC(C)(C)CC(=O)NCC1CCN(C(=O)c2ccoc2)CC1. The Morgan fingerprint density at radius 2 is 2.00 bits per heavy atom. The van der Waals surface area contributed by atoms with E-state index in [4.69, 9.17) is 4.42 Å². The number of hydrogen-bond donors (Lipinski definition) is 1. The van der Waals surface area contributed by atoms with E-state index >= 15 is 0 Å². The Morgan fingerprint density at radius 1 is 1.32 bits per heavy atom. The van der Waals surface area contributed by atoms with Crippen molar-refractivity contribution in [1.29, 1.82) is 0 Å². The van der Waals surface area contributed by atoms with Crippen LogP contribution in [0.5, 0.6) is 0 Å². The summed E-state index contributed by atoms with van der Waals surface area (Å²) in [5.74, 6) is 0.602. The average molecular weight is 306 g/mol. The minimum Gasteiger partial charge on any atom is -0.472 e. The van der Waals surface area contributed by atoms with Crippen molar-refractivity contribution in [1.82, 2.24) is 10.2 Å². The topological polar surface area (TPSA) is 62.6 Å².